The molecule has 4 rings (SSSR count). The Morgan fingerprint density at radius 1 is 1.00 bits per heavy atom. The summed E-state index contributed by atoms with van der Waals surface area (Å²) in [6.45, 7) is 0.542. The number of carbonyl (C=O) groups excluding carboxylic acids is 1. The monoisotopic (exact) mass is 532 g/mol. The van der Waals surface area contributed by atoms with Gasteiger partial charge in [0.1, 0.15) is 35.6 Å². The summed E-state index contributed by atoms with van der Waals surface area (Å²) in [6.07, 6.45) is 1.46. The topological polar surface area (TPSA) is 106 Å². The zero-order chi connectivity index (χ0) is 26.0. The van der Waals surface area contributed by atoms with Crippen molar-refractivity contribution >= 4 is 40.1 Å². The average molecular weight is 533 g/mol. The number of para-hydroxylation sites is 1. The number of carbonyl (C=O) groups is 1. The van der Waals surface area contributed by atoms with E-state index in [1.807, 2.05) is 48.5 Å². The third-order valence-corrected chi connectivity index (χ3v) is 6.17. The Morgan fingerprint density at radius 3 is 2.46 bits per heavy atom. The molecule has 0 spiro atoms. The van der Waals surface area contributed by atoms with Crippen molar-refractivity contribution in [3.63, 3.8) is 0 Å². The minimum Gasteiger partial charge on any atom is -0.493 e. The first-order valence-corrected chi connectivity index (χ1v) is 12.3. The first kappa shape index (κ1) is 25.7. The molecule has 0 aliphatic carbocycles. The molecule has 1 aromatic heterocycles. The van der Waals surface area contributed by atoms with E-state index in [9.17, 15) is 10.1 Å². The lowest BCUT2D eigenvalue weighted by molar-refractivity contribution is -0.112. The number of benzene rings is 3. The van der Waals surface area contributed by atoms with Gasteiger partial charge in [-0.05, 0) is 35.9 Å². The van der Waals surface area contributed by atoms with Gasteiger partial charge in [0.25, 0.3) is 5.91 Å². The lowest BCUT2D eigenvalue weighted by atomic mass is 10.1. The Balaban J connectivity index is 1.38. The number of anilines is 1. The van der Waals surface area contributed by atoms with E-state index in [-0.39, 0.29) is 18.8 Å². The molecule has 0 bridgehead atoms. The maximum absolute atomic E-state index is 12.7. The molecule has 0 aliphatic heterocycles. The Hall–Kier alpha value is -4.39. The minimum absolute atomic E-state index is 0.0969. The molecule has 1 heterocycles. The first-order valence-electron chi connectivity index (χ1n) is 11.1. The number of nitrogens with zero attached hydrogens (tertiary/aromatic N) is 3. The molecule has 0 fully saturated rings. The molecule has 10 heteroatoms. The summed E-state index contributed by atoms with van der Waals surface area (Å²) in [7, 11) is 1.51. The third kappa shape index (κ3) is 6.85. The maximum atomic E-state index is 12.7. The highest BCUT2D eigenvalue weighted by Crippen LogP contribution is 2.30. The predicted octanol–water partition coefficient (Wildman–Crippen LogP) is 5.87. The van der Waals surface area contributed by atoms with Crippen molar-refractivity contribution in [2.24, 2.45) is 0 Å². The van der Waals surface area contributed by atoms with Crippen molar-refractivity contribution in [1.29, 1.82) is 5.26 Å². The zero-order valence-corrected chi connectivity index (χ0v) is 21.3. The van der Waals surface area contributed by atoms with Crippen LogP contribution in [0.25, 0.3) is 16.6 Å². The van der Waals surface area contributed by atoms with Crippen LogP contribution in [0.2, 0.25) is 5.02 Å². The number of rotatable bonds is 10. The van der Waals surface area contributed by atoms with Gasteiger partial charge in [0, 0.05) is 5.56 Å². The lowest BCUT2D eigenvalue weighted by Gasteiger charge is -2.12. The van der Waals surface area contributed by atoms with E-state index in [4.69, 9.17) is 25.8 Å². The Labute approximate surface area is 222 Å². The van der Waals surface area contributed by atoms with Crippen LogP contribution in [-0.2, 0) is 4.79 Å². The number of ether oxygens (including phenoxy) is 3. The normalized spacial score (nSPS) is 10.9. The van der Waals surface area contributed by atoms with Gasteiger partial charge in [0.05, 0.1) is 12.1 Å². The molecule has 0 atom stereocenters. The highest BCUT2D eigenvalue weighted by Gasteiger charge is 2.14. The highest BCUT2D eigenvalue weighted by molar-refractivity contribution is 7.18. The molecule has 0 radical (unpaired) electrons. The summed E-state index contributed by atoms with van der Waals surface area (Å²) in [5.74, 6) is 0.926. The van der Waals surface area contributed by atoms with Crippen LogP contribution in [0, 0.1) is 11.3 Å². The number of nitrogens with one attached hydrogen (secondary N) is 1. The summed E-state index contributed by atoms with van der Waals surface area (Å²) in [4.78, 5) is 12.7. The summed E-state index contributed by atoms with van der Waals surface area (Å²) >= 11 is 7.30. The van der Waals surface area contributed by atoms with Gasteiger partial charge in [-0.3, -0.25) is 10.1 Å². The number of aromatic nitrogens is 2. The molecular formula is C27H21ClN4O4S. The molecule has 0 saturated heterocycles. The zero-order valence-electron chi connectivity index (χ0n) is 19.7. The molecule has 186 valence electrons. The molecule has 0 unspecified atom stereocenters. The van der Waals surface area contributed by atoms with Gasteiger partial charge in [0.2, 0.25) is 5.13 Å². The number of methoxy groups -OCH3 is 1. The second-order valence-corrected chi connectivity index (χ2v) is 8.82. The SMILES string of the molecule is COc1cc(C=C(C#N)C(=O)Nc2nnc(-c3ccccc3)s2)ccc1OCCOc1ccccc1Cl. The number of hydrogen-bond acceptors (Lipinski definition) is 8. The van der Waals surface area contributed by atoms with Crippen LogP contribution in [0.1, 0.15) is 5.56 Å². The Bertz CT molecular complexity index is 1450. The van der Waals surface area contributed by atoms with E-state index in [0.29, 0.717) is 38.0 Å². The van der Waals surface area contributed by atoms with E-state index in [1.165, 1.54) is 24.5 Å². The molecule has 3 aromatic carbocycles. The van der Waals surface area contributed by atoms with E-state index in [2.05, 4.69) is 15.5 Å². The molecule has 0 aliphatic rings. The van der Waals surface area contributed by atoms with E-state index >= 15 is 0 Å². The number of halogens is 1. The summed E-state index contributed by atoms with van der Waals surface area (Å²) < 4.78 is 16.8. The van der Waals surface area contributed by atoms with Crippen molar-refractivity contribution < 1.29 is 19.0 Å². The Kier molecular flexibility index (Phi) is 8.70. The fraction of sp³-hybridized carbons (Fsp3) is 0.111. The summed E-state index contributed by atoms with van der Waals surface area (Å²) in [5.41, 5.74) is 1.38. The largest absolute Gasteiger partial charge is 0.493 e. The van der Waals surface area contributed by atoms with Crippen LogP contribution in [0.4, 0.5) is 5.13 Å². The van der Waals surface area contributed by atoms with Gasteiger partial charge in [-0.1, -0.05) is 71.5 Å². The smallest absolute Gasteiger partial charge is 0.268 e. The number of nitriles is 1. The van der Waals surface area contributed by atoms with Crippen molar-refractivity contribution in [1.82, 2.24) is 10.2 Å². The predicted molar refractivity (Wildman–Crippen MR) is 143 cm³/mol. The van der Waals surface area contributed by atoms with Crippen molar-refractivity contribution in [3.05, 3.63) is 89.0 Å². The van der Waals surface area contributed by atoms with Gasteiger partial charge in [0.15, 0.2) is 11.5 Å². The van der Waals surface area contributed by atoms with Crippen molar-refractivity contribution in [2.75, 3.05) is 25.6 Å². The van der Waals surface area contributed by atoms with Gasteiger partial charge in [-0.25, -0.2) is 0 Å². The second kappa shape index (κ2) is 12.5. The number of hydrogen-bond donors (Lipinski definition) is 1. The lowest BCUT2D eigenvalue weighted by Crippen LogP contribution is -2.13. The summed E-state index contributed by atoms with van der Waals surface area (Å²) in [5, 5.41) is 21.8. The van der Waals surface area contributed by atoms with E-state index in [0.717, 1.165) is 5.56 Å². The fourth-order valence-corrected chi connectivity index (χ4v) is 4.14. The molecule has 1 amide bonds. The molecule has 37 heavy (non-hydrogen) atoms. The van der Waals surface area contributed by atoms with Gasteiger partial charge >= 0.3 is 0 Å². The van der Waals surface area contributed by atoms with Gasteiger partial charge in [-0.15, -0.1) is 10.2 Å². The molecule has 4 aromatic rings. The fourth-order valence-electron chi connectivity index (χ4n) is 3.21. The van der Waals surface area contributed by atoms with Crippen LogP contribution in [-0.4, -0.2) is 36.4 Å². The first-order chi connectivity index (χ1) is 18.1. The van der Waals surface area contributed by atoms with Crippen LogP contribution < -0.4 is 19.5 Å². The van der Waals surface area contributed by atoms with Crippen LogP contribution in [0.3, 0.4) is 0 Å². The average Bonchev–Trinajstić information content (AvgIpc) is 3.40. The molecule has 0 saturated carbocycles. The quantitative estimate of drug-likeness (QED) is 0.155. The molecule has 8 nitrogen and oxygen atoms in total. The second-order valence-electron chi connectivity index (χ2n) is 7.44. The van der Waals surface area contributed by atoms with Gasteiger partial charge in [-0.2, -0.15) is 5.26 Å². The molecule has 1 N–H and O–H groups in total. The van der Waals surface area contributed by atoms with E-state index in [1.54, 1.807) is 30.3 Å². The van der Waals surface area contributed by atoms with E-state index < -0.39 is 5.91 Å². The minimum atomic E-state index is -0.589. The van der Waals surface area contributed by atoms with Crippen molar-refractivity contribution in [2.45, 2.75) is 0 Å². The third-order valence-electron chi connectivity index (χ3n) is 4.97. The molecular weight excluding hydrogens is 512 g/mol. The number of amides is 1. The van der Waals surface area contributed by atoms with Crippen LogP contribution in [0.5, 0.6) is 17.2 Å². The maximum Gasteiger partial charge on any atom is 0.268 e. The van der Waals surface area contributed by atoms with Crippen LogP contribution >= 0.6 is 22.9 Å². The summed E-state index contributed by atoms with van der Waals surface area (Å²) in [6, 6.07) is 23.7. The highest BCUT2D eigenvalue weighted by atomic mass is 35.5. The Morgan fingerprint density at radius 2 is 1.73 bits per heavy atom. The van der Waals surface area contributed by atoms with Gasteiger partial charge < -0.3 is 14.2 Å². The standard InChI is InChI=1S/C27H21ClN4O4S/c1-34-24-16-18(11-12-23(24)36-14-13-35-22-10-6-5-9-21(22)28)15-20(17-29)25(33)30-27-32-31-26(37-27)19-7-3-2-4-8-19/h2-12,15-16H,13-14H2,1H3,(H,30,32,33). The van der Waals surface area contributed by atoms with Crippen LogP contribution in [0.15, 0.2) is 78.4 Å². The van der Waals surface area contributed by atoms with Crippen molar-refractivity contribution in [3.8, 4) is 33.9 Å².